The van der Waals surface area contributed by atoms with Crippen molar-refractivity contribution in [3.05, 3.63) is 35.9 Å². The van der Waals surface area contributed by atoms with Crippen molar-refractivity contribution in [1.29, 1.82) is 0 Å². The van der Waals surface area contributed by atoms with E-state index in [1.165, 1.54) is 7.11 Å². The summed E-state index contributed by atoms with van der Waals surface area (Å²) in [6.45, 7) is 7.30. The summed E-state index contributed by atoms with van der Waals surface area (Å²) in [6, 6.07) is 7.63. The molecule has 2 atom stereocenters. The molecule has 0 aliphatic heterocycles. The molecule has 144 valence electrons. The molecule has 0 fully saturated rings. The summed E-state index contributed by atoms with van der Waals surface area (Å²) in [5.74, 6) is -1.32. The first-order chi connectivity index (χ1) is 12.3. The maximum atomic E-state index is 12.5. The van der Waals surface area contributed by atoms with Gasteiger partial charge >= 0.3 is 12.1 Å². The van der Waals surface area contributed by atoms with E-state index in [1.807, 2.05) is 30.3 Å². The van der Waals surface area contributed by atoms with Gasteiger partial charge in [0.2, 0.25) is 5.91 Å². The van der Waals surface area contributed by atoms with Crippen molar-refractivity contribution in [2.45, 2.75) is 46.4 Å². The van der Waals surface area contributed by atoms with Gasteiger partial charge in [0, 0.05) is 0 Å². The highest BCUT2D eigenvalue weighted by atomic mass is 16.5. The number of amides is 2. The minimum Gasteiger partial charge on any atom is -0.467 e. The van der Waals surface area contributed by atoms with Gasteiger partial charge in [0.15, 0.2) is 0 Å². The van der Waals surface area contributed by atoms with Crippen molar-refractivity contribution >= 4 is 18.0 Å². The minimum atomic E-state index is -0.829. The quantitative estimate of drug-likeness (QED) is 0.690. The van der Waals surface area contributed by atoms with Crippen LogP contribution in [0, 0.1) is 11.8 Å². The fourth-order valence-electron chi connectivity index (χ4n) is 2.29. The fraction of sp³-hybridized carbons (Fsp3) is 0.526. The normalized spacial score (nSPS) is 13.0. The highest BCUT2D eigenvalue weighted by molar-refractivity contribution is 5.89. The van der Waals surface area contributed by atoms with Gasteiger partial charge in [-0.3, -0.25) is 4.79 Å². The van der Waals surface area contributed by atoms with Gasteiger partial charge in [-0.25, -0.2) is 9.59 Å². The third kappa shape index (κ3) is 6.74. The van der Waals surface area contributed by atoms with E-state index in [1.54, 1.807) is 27.7 Å². The highest BCUT2D eigenvalue weighted by Crippen LogP contribution is 2.08. The lowest BCUT2D eigenvalue weighted by molar-refractivity contribution is -0.146. The zero-order valence-electron chi connectivity index (χ0n) is 15.9. The molecule has 2 N–H and O–H groups in total. The molecule has 0 spiro atoms. The third-order valence-corrected chi connectivity index (χ3v) is 3.85. The largest absolute Gasteiger partial charge is 0.467 e. The third-order valence-electron chi connectivity index (χ3n) is 3.85. The summed E-state index contributed by atoms with van der Waals surface area (Å²) in [6.07, 6.45) is -0.693. The van der Waals surface area contributed by atoms with Gasteiger partial charge in [0.25, 0.3) is 0 Å². The molecule has 0 aliphatic rings. The molecule has 26 heavy (non-hydrogen) atoms. The average molecular weight is 364 g/mol. The topological polar surface area (TPSA) is 93.7 Å². The molecule has 0 radical (unpaired) electrons. The maximum absolute atomic E-state index is 12.5. The Morgan fingerprint density at radius 1 is 0.923 bits per heavy atom. The van der Waals surface area contributed by atoms with Crippen LogP contribution in [0.25, 0.3) is 0 Å². The second kappa shape index (κ2) is 10.4. The molecule has 1 aromatic rings. The van der Waals surface area contributed by atoms with Crippen LogP contribution >= 0.6 is 0 Å². The number of carbonyl (C=O) groups excluding carboxylic acids is 3. The average Bonchev–Trinajstić information content (AvgIpc) is 2.61. The van der Waals surface area contributed by atoms with Crippen LogP contribution in [0.4, 0.5) is 4.79 Å². The van der Waals surface area contributed by atoms with Crippen molar-refractivity contribution < 1.29 is 23.9 Å². The van der Waals surface area contributed by atoms with E-state index < -0.39 is 30.1 Å². The molecule has 0 heterocycles. The van der Waals surface area contributed by atoms with Crippen molar-refractivity contribution in [1.82, 2.24) is 10.6 Å². The van der Waals surface area contributed by atoms with E-state index in [2.05, 4.69) is 10.6 Å². The van der Waals surface area contributed by atoms with Gasteiger partial charge < -0.3 is 20.1 Å². The lowest BCUT2D eigenvalue weighted by atomic mass is 10.0. The number of ether oxygens (including phenoxy) is 2. The van der Waals surface area contributed by atoms with E-state index in [0.29, 0.717) is 0 Å². The second-order valence-corrected chi connectivity index (χ2v) is 6.68. The Kier molecular flexibility index (Phi) is 8.61. The van der Waals surface area contributed by atoms with Gasteiger partial charge in [0.05, 0.1) is 7.11 Å². The van der Waals surface area contributed by atoms with Crippen LogP contribution in [0.1, 0.15) is 33.3 Å². The van der Waals surface area contributed by atoms with Gasteiger partial charge in [-0.15, -0.1) is 0 Å². The van der Waals surface area contributed by atoms with Crippen molar-refractivity contribution in [2.24, 2.45) is 11.8 Å². The zero-order valence-corrected chi connectivity index (χ0v) is 15.9. The molecule has 0 saturated carbocycles. The number of hydrogen-bond donors (Lipinski definition) is 2. The summed E-state index contributed by atoms with van der Waals surface area (Å²) in [4.78, 5) is 36.4. The van der Waals surface area contributed by atoms with Crippen molar-refractivity contribution in [3.8, 4) is 0 Å². The Morgan fingerprint density at radius 3 is 2.00 bits per heavy atom. The predicted octanol–water partition coefficient (Wildman–Crippen LogP) is 2.25. The van der Waals surface area contributed by atoms with Crippen LogP contribution in [0.3, 0.4) is 0 Å². The van der Waals surface area contributed by atoms with Crippen LogP contribution in [0.15, 0.2) is 30.3 Å². The molecule has 7 nitrogen and oxygen atoms in total. The molecule has 7 heteroatoms. The zero-order chi connectivity index (χ0) is 19.7. The van der Waals surface area contributed by atoms with E-state index in [9.17, 15) is 14.4 Å². The number of benzene rings is 1. The molecule has 2 amide bonds. The van der Waals surface area contributed by atoms with Gasteiger partial charge in [0.1, 0.15) is 18.7 Å². The van der Waals surface area contributed by atoms with E-state index in [0.717, 1.165) is 5.56 Å². The van der Waals surface area contributed by atoms with Crippen molar-refractivity contribution in [3.63, 3.8) is 0 Å². The summed E-state index contributed by atoms with van der Waals surface area (Å²) in [7, 11) is 1.27. The summed E-state index contributed by atoms with van der Waals surface area (Å²) < 4.78 is 9.88. The molecular weight excluding hydrogens is 336 g/mol. The molecule has 0 bridgehead atoms. The van der Waals surface area contributed by atoms with Crippen LogP contribution < -0.4 is 10.6 Å². The monoisotopic (exact) mass is 364 g/mol. The number of alkyl carbamates (subject to hydrolysis) is 1. The highest BCUT2D eigenvalue weighted by Gasteiger charge is 2.31. The molecule has 0 aromatic heterocycles. The Morgan fingerprint density at radius 2 is 1.50 bits per heavy atom. The van der Waals surface area contributed by atoms with Gasteiger partial charge in [-0.05, 0) is 17.4 Å². The minimum absolute atomic E-state index is 0.107. The smallest absolute Gasteiger partial charge is 0.408 e. The van der Waals surface area contributed by atoms with Gasteiger partial charge in [-0.2, -0.15) is 0 Å². The number of methoxy groups -OCH3 is 1. The summed E-state index contributed by atoms with van der Waals surface area (Å²) in [5, 5.41) is 5.21. The van der Waals surface area contributed by atoms with Crippen LogP contribution in [-0.2, 0) is 25.7 Å². The first-order valence-corrected chi connectivity index (χ1v) is 8.61. The Bertz CT molecular complexity index is 601. The number of esters is 1. The van der Waals surface area contributed by atoms with Crippen molar-refractivity contribution in [2.75, 3.05) is 7.11 Å². The van der Waals surface area contributed by atoms with E-state index >= 15 is 0 Å². The van der Waals surface area contributed by atoms with E-state index in [4.69, 9.17) is 9.47 Å². The predicted molar refractivity (Wildman–Crippen MR) is 97.2 cm³/mol. The molecule has 1 aromatic carbocycles. The molecule has 1 rings (SSSR count). The SMILES string of the molecule is COC(=O)[C@@H](NC(=O)[C@H](NC(=O)OCc1ccccc1)C(C)C)C(C)C. The first-order valence-electron chi connectivity index (χ1n) is 8.61. The standard InChI is InChI=1S/C19H28N2O5/c1-12(2)15(17(22)20-16(13(3)4)18(23)25-5)21-19(24)26-11-14-9-7-6-8-10-14/h6-10,12-13,15-16H,11H2,1-5H3,(H,20,22)(H,21,24)/t15-,16+/m1/s1. The summed E-state index contributed by atoms with van der Waals surface area (Å²) in [5.41, 5.74) is 0.846. The first kappa shape index (κ1) is 21.5. The number of nitrogens with one attached hydrogen (secondary N) is 2. The number of carbonyl (C=O) groups is 3. The van der Waals surface area contributed by atoms with E-state index in [-0.39, 0.29) is 18.4 Å². The Labute approximate surface area is 154 Å². The number of rotatable bonds is 8. The molecule has 0 unspecified atom stereocenters. The maximum Gasteiger partial charge on any atom is 0.408 e. The molecule has 0 saturated heterocycles. The van der Waals surface area contributed by atoms with Crippen LogP contribution in [0.5, 0.6) is 0 Å². The number of hydrogen-bond acceptors (Lipinski definition) is 5. The lowest BCUT2D eigenvalue weighted by Gasteiger charge is -2.25. The Balaban J connectivity index is 2.67. The summed E-state index contributed by atoms with van der Waals surface area (Å²) >= 11 is 0. The fourth-order valence-corrected chi connectivity index (χ4v) is 2.29. The van der Waals surface area contributed by atoms with Crippen LogP contribution in [0.2, 0.25) is 0 Å². The second-order valence-electron chi connectivity index (χ2n) is 6.68. The van der Waals surface area contributed by atoms with Gasteiger partial charge in [-0.1, -0.05) is 58.0 Å². The Hall–Kier alpha value is -2.57. The lowest BCUT2D eigenvalue weighted by Crippen LogP contribution is -2.55. The molecule has 0 aliphatic carbocycles. The molecular formula is C19H28N2O5. The van der Waals surface area contributed by atoms with Crippen LogP contribution in [-0.4, -0.2) is 37.2 Å².